The first-order valence-corrected chi connectivity index (χ1v) is 7.43. The number of unbranched alkanes of at least 4 members (excludes halogenated alkanes) is 1. The third kappa shape index (κ3) is 5.02. The molecule has 0 saturated heterocycles. The predicted molar refractivity (Wildman–Crippen MR) is 89.2 cm³/mol. The molecule has 0 aliphatic rings. The molecule has 0 heterocycles. The fraction of sp³-hybridized carbons (Fsp3) is 0.562. The van der Waals surface area contributed by atoms with E-state index in [0.717, 1.165) is 30.9 Å². The van der Waals surface area contributed by atoms with Gasteiger partial charge >= 0.3 is 0 Å². The van der Waals surface area contributed by atoms with E-state index in [4.69, 9.17) is 14.2 Å². The zero-order valence-corrected chi connectivity index (χ0v) is 14.2. The maximum absolute atomic E-state index is 5.35. The van der Waals surface area contributed by atoms with Crippen molar-refractivity contribution in [1.29, 1.82) is 0 Å². The van der Waals surface area contributed by atoms with E-state index in [1.54, 1.807) is 28.4 Å². The SMILES string of the molecule is CCCCNC(=NC)NCc1cc(OC)c(OC)c(OC)c1. The molecular weight excluding hydrogens is 282 g/mol. The number of hydrogen-bond acceptors (Lipinski definition) is 4. The Hall–Kier alpha value is -2.11. The standard InChI is InChI=1S/C16H27N3O3/c1-6-7-8-18-16(17-2)19-11-12-9-13(20-3)15(22-5)14(10-12)21-4/h9-10H,6-8,11H2,1-5H3,(H2,17,18,19). The molecule has 0 amide bonds. The van der Waals surface area contributed by atoms with Gasteiger partial charge in [0.05, 0.1) is 21.3 Å². The molecule has 1 aromatic carbocycles. The summed E-state index contributed by atoms with van der Waals surface area (Å²) >= 11 is 0. The first-order chi connectivity index (χ1) is 10.7. The minimum atomic E-state index is 0.596. The van der Waals surface area contributed by atoms with Gasteiger partial charge < -0.3 is 24.8 Å². The van der Waals surface area contributed by atoms with Gasteiger partial charge in [0.25, 0.3) is 0 Å². The Morgan fingerprint density at radius 3 is 2.14 bits per heavy atom. The number of nitrogens with zero attached hydrogens (tertiary/aromatic N) is 1. The highest BCUT2D eigenvalue weighted by molar-refractivity contribution is 5.79. The van der Waals surface area contributed by atoms with Crippen molar-refractivity contribution in [3.05, 3.63) is 17.7 Å². The molecule has 6 nitrogen and oxygen atoms in total. The van der Waals surface area contributed by atoms with Gasteiger partial charge in [-0.3, -0.25) is 4.99 Å². The summed E-state index contributed by atoms with van der Waals surface area (Å²) in [4.78, 5) is 4.20. The fourth-order valence-electron chi connectivity index (χ4n) is 2.03. The van der Waals surface area contributed by atoms with Gasteiger partial charge in [0.15, 0.2) is 17.5 Å². The molecule has 0 aliphatic carbocycles. The molecule has 0 atom stereocenters. The normalized spacial score (nSPS) is 11.0. The van der Waals surface area contributed by atoms with Crippen LogP contribution in [0.2, 0.25) is 0 Å². The lowest BCUT2D eigenvalue weighted by Gasteiger charge is -2.15. The maximum atomic E-state index is 5.35. The summed E-state index contributed by atoms with van der Waals surface area (Å²) in [5, 5.41) is 6.54. The summed E-state index contributed by atoms with van der Waals surface area (Å²) in [6, 6.07) is 3.85. The topological polar surface area (TPSA) is 64.1 Å². The summed E-state index contributed by atoms with van der Waals surface area (Å²) in [7, 11) is 6.58. The van der Waals surface area contributed by atoms with E-state index in [1.165, 1.54) is 0 Å². The molecule has 0 fully saturated rings. The van der Waals surface area contributed by atoms with Gasteiger partial charge in [0.1, 0.15) is 0 Å². The minimum Gasteiger partial charge on any atom is -0.493 e. The monoisotopic (exact) mass is 309 g/mol. The Balaban J connectivity index is 2.76. The van der Waals surface area contributed by atoms with Gasteiger partial charge in [0.2, 0.25) is 5.75 Å². The smallest absolute Gasteiger partial charge is 0.203 e. The molecule has 0 bridgehead atoms. The molecule has 2 N–H and O–H groups in total. The predicted octanol–water partition coefficient (Wildman–Crippen LogP) is 2.18. The highest BCUT2D eigenvalue weighted by Gasteiger charge is 2.13. The largest absolute Gasteiger partial charge is 0.493 e. The Morgan fingerprint density at radius 2 is 1.68 bits per heavy atom. The number of guanidine groups is 1. The quantitative estimate of drug-likeness (QED) is 0.438. The lowest BCUT2D eigenvalue weighted by Crippen LogP contribution is -2.37. The van der Waals surface area contributed by atoms with Crippen molar-refractivity contribution in [3.8, 4) is 17.2 Å². The van der Waals surface area contributed by atoms with Crippen LogP contribution in [0.5, 0.6) is 17.2 Å². The highest BCUT2D eigenvalue weighted by atomic mass is 16.5. The van der Waals surface area contributed by atoms with Crippen molar-refractivity contribution < 1.29 is 14.2 Å². The van der Waals surface area contributed by atoms with Crippen LogP contribution in [0.15, 0.2) is 17.1 Å². The second kappa shape index (κ2) is 9.76. The van der Waals surface area contributed by atoms with Gasteiger partial charge in [-0.05, 0) is 24.1 Å². The number of nitrogens with one attached hydrogen (secondary N) is 2. The number of ether oxygens (including phenoxy) is 3. The number of rotatable bonds is 8. The molecule has 124 valence electrons. The second-order valence-corrected chi connectivity index (χ2v) is 4.74. The van der Waals surface area contributed by atoms with Gasteiger partial charge in [-0.2, -0.15) is 0 Å². The highest BCUT2D eigenvalue weighted by Crippen LogP contribution is 2.38. The first kappa shape index (κ1) is 17.9. The van der Waals surface area contributed by atoms with E-state index in [2.05, 4.69) is 22.5 Å². The minimum absolute atomic E-state index is 0.596. The molecule has 0 unspecified atom stereocenters. The summed E-state index contributed by atoms with van der Waals surface area (Å²) < 4.78 is 16.0. The van der Waals surface area contributed by atoms with E-state index in [0.29, 0.717) is 23.8 Å². The molecule has 0 aromatic heterocycles. The van der Waals surface area contributed by atoms with Crippen LogP contribution in [0.4, 0.5) is 0 Å². The Bertz CT molecular complexity index is 465. The van der Waals surface area contributed by atoms with Crippen LogP contribution in [0.1, 0.15) is 25.3 Å². The van der Waals surface area contributed by atoms with Crippen molar-refractivity contribution in [1.82, 2.24) is 10.6 Å². The van der Waals surface area contributed by atoms with Crippen molar-refractivity contribution >= 4 is 5.96 Å². The molecule has 1 aromatic rings. The molecule has 0 saturated carbocycles. The average Bonchev–Trinajstić information content (AvgIpc) is 2.56. The van der Waals surface area contributed by atoms with E-state index < -0.39 is 0 Å². The van der Waals surface area contributed by atoms with Crippen molar-refractivity contribution in [2.24, 2.45) is 4.99 Å². The summed E-state index contributed by atoms with van der Waals surface area (Å²) in [5.41, 5.74) is 1.02. The van der Waals surface area contributed by atoms with Crippen LogP contribution in [0, 0.1) is 0 Å². The molecule has 0 spiro atoms. The molecular formula is C16H27N3O3. The molecule has 6 heteroatoms. The van der Waals surface area contributed by atoms with Gasteiger partial charge in [-0.25, -0.2) is 0 Å². The number of aliphatic imine (C=N–C) groups is 1. The molecule has 0 radical (unpaired) electrons. The van der Waals surface area contributed by atoms with Crippen molar-refractivity contribution in [3.63, 3.8) is 0 Å². The van der Waals surface area contributed by atoms with Crippen LogP contribution >= 0.6 is 0 Å². The number of hydrogen-bond donors (Lipinski definition) is 2. The lowest BCUT2D eigenvalue weighted by atomic mass is 10.2. The van der Waals surface area contributed by atoms with Crippen LogP contribution in [-0.4, -0.2) is 40.9 Å². The summed E-state index contributed by atoms with van der Waals surface area (Å²) in [6.45, 7) is 3.68. The lowest BCUT2D eigenvalue weighted by molar-refractivity contribution is 0.323. The van der Waals surface area contributed by atoms with Crippen LogP contribution < -0.4 is 24.8 Å². The zero-order valence-electron chi connectivity index (χ0n) is 14.2. The fourth-order valence-corrected chi connectivity index (χ4v) is 2.03. The van der Waals surface area contributed by atoms with Crippen LogP contribution in [-0.2, 0) is 6.54 Å². The van der Waals surface area contributed by atoms with E-state index in [-0.39, 0.29) is 0 Å². The van der Waals surface area contributed by atoms with Crippen LogP contribution in [0.25, 0.3) is 0 Å². The summed E-state index contributed by atoms with van der Waals surface area (Å²) in [6.07, 6.45) is 2.27. The zero-order chi connectivity index (χ0) is 16.4. The Morgan fingerprint density at radius 1 is 1.05 bits per heavy atom. The Labute approximate surface area is 132 Å². The molecule has 1 rings (SSSR count). The number of benzene rings is 1. The Kier molecular flexibility index (Phi) is 7.96. The van der Waals surface area contributed by atoms with E-state index in [1.807, 2.05) is 12.1 Å². The average molecular weight is 309 g/mol. The molecule has 0 aliphatic heterocycles. The molecule has 22 heavy (non-hydrogen) atoms. The third-order valence-electron chi connectivity index (χ3n) is 3.23. The van der Waals surface area contributed by atoms with Crippen LogP contribution in [0.3, 0.4) is 0 Å². The van der Waals surface area contributed by atoms with Crippen molar-refractivity contribution in [2.45, 2.75) is 26.3 Å². The van der Waals surface area contributed by atoms with Gasteiger partial charge in [-0.15, -0.1) is 0 Å². The third-order valence-corrected chi connectivity index (χ3v) is 3.23. The second-order valence-electron chi connectivity index (χ2n) is 4.74. The van der Waals surface area contributed by atoms with Gasteiger partial charge in [-0.1, -0.05) is 13.3 Å². The van der Waals surface area contributed by atoms with Crippen molar-refractivity contribution in [2.75, 3.05) is 34.9 Å². The first-order valence-electron chi connectivity index (χ1n) is 7.43. The maximum Gasteiger partial charge on any atom is 0.203 e. The number of methoxy groups -OCH3 is 3. The van der Waals surface area contributed by atoms with Gasteiger partial charge in [0, 0.05) is 20.1 Å². The van der Waals surface area contributed by atoms with E-state index in [9.17, 15) is 0 Å². The summed E-state index contributed by atoms with van der Waals surface area (Å²) in [5.74, 6) is 2.67. The van der Waals surface area contributed by atoms with E-state index >= 15 is 0 Å².